The molecular weight excluding hydrogens is 1020 g/mol. The molecule has 1 aliphatic rings. The summed E-state index contributed by atoms with van der Waals surface area (Å²) in [4.78, 5) is 51.3. The third-order valence-electron chi connectivity index (χ3n) is 14.4. The van der Waals surface area contributed by atoms with Gasteiger partial charge in [0.1, 0.15) is 18.8 Å². The van der Waals surface area contributed by atoms with Crippen molar-refractivity contribution in [2.75, 3.05) is 13.2 Å². The van der Waals surface area contributed by atoms with Gasteiger partial charge in [-0.1, -0.05) is 228 Å². The van der Waals surface area contributed by atoms with Crippen LogP contribution >= 0.6 is 0 Å². The van der Waals surface area contributed by atoms with E-state index in [0.717, 1.165) is 122 Å². The second-order valence-electron chi connectivity index (χ2n) is 22.0. The van der Waals surface area contributed by atoms with Crippen molar-refractivity contribution in [1.29, 1.82) is 0 Å². The third-order valence-corrected chi connectivity index (χ3v) is 14.4. The number of ether oxygens (including phenoxy) is 5. The monoisotopic (exact) mass is 1140 g/mol. The smallest absolute Gasteiger partial charge is 0.335 e. The van der Waals surface area contributed by atoms with Crippen LogP contribution in [-0.2, 0) is 42.9 Å². The van der Waals surface area contributed by atoms with Crippen LogP contribution in [0.2, 0.25) is 0 Å². The molecule has 0 aliphatic carbocycles. The highest BCUT2D eigenvalue weighted by Crippen LogP contribution is 2.27. The Morgan fingerprint density at radius 3 is 1.22 bits per heavy atom. The van der Waals surface area contributed by atoms with Crippen LogP contribution in [0.1, 0.15) is 278 Å². The highest BCUT2D eigenvalue weighted by atomic mass is 16.7. The molecule has 0 bridgehead atoms. The van der Waals surface area contributed by atoms with Gasteiger partial charge in [-0.05, 0) is 116 Å². The lowest BCUT2D eigenvalue weighted by Crippen LogP contribution is -2.61. The molecule has 81 heavy (non-hydrogen) atoms. The Bertz CT molecular complexity index is 1730. The molecule has 6 atom stereocenters. The van der Waals surface area contributed by atoms with Crippen LogP contribution in [0.25, 0.3) is 0 Å². The Hall–Kier alpha value is -4.10. The molecule has 1 heterocycles. The molecule has 0 aromatic rings. The number of hydrogen-bond acceptors (Lipinski definition) is 11. The normalized spacial score (nSPS) is 18.3. The highest BCUT2D eigenvalue weighted by molar-refractivity contribution is 5.74. The lowest BCUT2D eigenvalue weighted by atomic mass is 9.98. The van der Waals surface area contributed by atoms with Crippen molar-refractivity contribution < 1.29 is 58.2 Å². The van der Waals surface area contributed by atoms with Crippen LogP contribution < -0.4 is 0 Å². The molecule has 0 aromatic carbocycles. The topological polar surface area (TPSA) is 175 Å². The van der Waals surface area contributed by atoms with Crippen molar-refractivity contribution in [2.45, 2.75) is 314 Å². The maximum absolute atomic E-state index is 13.2. The number of carboxylic acids is 1. The van der Waals surface area contributed by atoms with Gasteiger partial charge < -0.3 is 39.0 Å². The van der Waals surface area contributed by atoms with E-state index in [1.165, 1.54) is 96.3 Å². The number of carbonyl (C=O) groups is 4. The first-order chi connectivity index (χ1) is 39.6. The van der Waals surface area contributed by atoms with E-state index < -0.39 is 67.3 Å². The fourth-order valence-electron chi connectivity index (χ4n) is 9.44. The first-order valence-electron chi connectivity index (χ1n) is 32.6. The number of aliphatic hydroxyl groups is 2. The summed E-state index contributed by atoms with van der Waals surface area (Å²) in [5.74, 6) is -3.17. The summed E-state index contributed by atoms with van der Waals surface area (Å²) < 4.78 is 28.5. The van der Waals surface area contributed by atoms with Crippen LogP contribution in [0.4, 0.5) is 0 Å². The summed E-state index contributed by atoms with van der Waals surface area (Å²) in [6.07, 6.45) is 61.1. The molecule has 3 N–H and O–H groups in total. The second-order valence-corrected chi connectivity index (χ2v) is 22.0. The average Bonchev–Trinajstić information content (AvgIpc) is 3.45. The zero-order valence-electron chi connectivity index (χ0n) is 51.3. The summed E-state index contributed by atoms with van der Waals surface area (Å²) >= 11 is 0. The quantitative estimate of drug-likeness (QED) is 0.0228. The van der Waals surface area contributed by atoms with E-state index in [1.807, 2.05) is 0 Å². The first-order valence-corrected chi connectivity index (χ1v) is 32.6. The number of rotatable bonds is 55. The fourth-order valence-corrected chi connectivity index (χ4v) is 9.44. The van der Waals surface area contributed by atoms with E-state index in [9.17, 15) is 34.5 Å². The number of hydrogen-bond donors (Lipinski definition) is 3. The number of carbonyl (C=O) groups excluding carboxylic acids is 3. The molecule has 1 saturated heterocycles. The van der Waals surface area contributed by atoms with Crippen LogP contribution in [0.5, 0.6) is 0 Å². The largest absolute Gasteiger partial charge is 0.479 e. The van der Waals surface area contributed by atoms with Gasteiger partial charge >= 0.3 is 23.9 Å². The molecule has 0 aromatic heterocycles. The lowest BCUT2D eigenvalue weighted by molar-refractivity contribution is -0.301. The summed E-state index contributed by atoms with van der Waals surface area (Å²) in [6.45, 7) is 5.85. The van der Waals surface area contributed by atoms with E-state index in [0.29, 0.717) is 19.3 Å². The van der Waals surface area contributed by atoms with E-state index in [-0.39, 0.29) is 25.9 Å². The number of aliphatic carboxylic acids is 1. The third kappa shape index (κ3) is 46.0. The Balaban J connectivity index is 2.66. The van der Waals surface area contributed by atoms with Gasteiger partial charge in [-0.15, -0.1) is 0 Å². The minimum atomic E-state index is -1.91. The molecule has 12 nitrogen and oxygen atoms in total. The fraction of sp³-hybridized carbons (Fsp3) is 0.739. The van der Waals surface area contributed by atoms with Gasteiger partial charge in [-0.2, -0.15) is 0 Å². The molecular formula is C69H116O12. The lowest BCUT2D eigenvalue weighted by Gasteiger charge is -2.40. The number of aliphatic hydroxyl groups excluding tert-OH is 2. The maximum atomic E-state index is 13.2. The minimum Gasteiger partial charge on any atom is -0.479 e. The molecule has 1 rings (SSSR count). The molecule has 12 heteroatoms. The van der Waals surface area contributed by atoms with E-state index >= 15 is 0 Å². The molecule has 0 saturated carbocycles. The molecule has 6 unspecified atom stereocenters. The van der Waals surface area contributed by atoms with Crippen LogP contribution in [-0.4, -0.2) is 89.2 Å². The average molecular weight is 1140 g/mol. The highest BCUT2D eigenvalue weighted by Gasteiger charge is 2.50. The van der Waals surface area contributed by atoms with Crippen LogP contribution in [0.15, 0.2) is 85.1 Å². The van der Waals surface area contributed by atoms with E-state index in [2.05, 4.69) is 106 Å². The predicted octanol–water partition coefficient (Wildman–Crippen LogP) is 17.5. The first kappa shape index (κ1) is 74.9. The zero-order valence-corrected chi connectivity index (χ0v) is 51.3. The standard InChI is InChI=1S/C69H116O12/c1-4-7-10-13-16-19-22-25-27-29-31-33-35-38-40-43-46-49-52-55-61(70)77-58-60(79-62(71)56-53-50-47-44-41-37-24-21-18-15-12-9-6-3)59-78-69-67(65(74)64(73)66(81-69)68(75)76)80-63(72)57-54-51-48-45-42-39-36-34-32-30-28-26-23-20-17-14-11-8-5-2/h7,10,16,19,21,24-28,31,33,38,40,60,64-67,69,73-74H,4-6,8-9,11-15,17-18,20,22-23,29-30,32,34-37,39,41-59H2,1-3H3,(H,75,76)/b10-7-,19-16-,24-21-,27-25-,28-26-,33-31-,40-38-. The predicted molar refractivity (Wildman–Crippen MR) is 331 cm³/mol. The van der Waals surface area contributed by atoms with Crippen LogP contribution in [0, 0.1) is 0 Å². The van der Waals surface area contributed by atoms with Crippen molar-refractivity contribution in [3.05, 3.63) is 85.1 Å². The zero-order chi connectivity index (χ0) is 58.9. The Morgan fingerprint density at radius 2 is 0.778 bits per heavy atom. The number of carboxylic acid groups (broad SMARTS) is 1. The summed E-state index contributed by atoms with van der Waals surface area (Å²) in [7, 11) is 0. The summed E-state index contributed by atoms with van der Waals surface area (Å²) in [6, 6.07) is 0. The number of allylic oxidation sites excluding steroid dienone is 14. The van der Waals surface area contributed by atoms with Crippen molar-refractivity contribution in [3.8, 4) is 0 Å². The van der Waals surface area contributed by atoms with Crippen LogP contribution in [0.3, 0.4) is 0 Å². The molecule has 464 valence electrons. The molecule has 0 amide bonds. The van der Waals surface area contributed by atoms with Crippen molar-refractivity contribution >= 4 is 23.9 Å². The van der Waals surface area contributed by atoms with Gasteiger partial charge in [0.15, 0.2) is 24.6 Å². The molecule has 0 radical (unpaired) electrons. The summed E-state index contributed by atoms with van der Waals surface area (Å²) in [5.41, 5.74) is 0. The number of esters is 3. The second kappa shape index (κ2) is 56.4. The van der Waals surface area contributed by atoms with Gasteiger partial charge in [0.2, 0.25) is 0 Å². The van der Waals surface area contributed by atoms with E-state index in [4.69, 9.17) is 23.7 Å². The van der Waals surface area contributed by atoms with Crippen molar-refractivity contribution in [1.82, 2.24) is 0 Å². The Labute approximate surface area is 492 Å². The molecule has 1 fully saturated rings. The maximum Gasteiger partial charge on any atom is 0.335 e. The SMILES string of the molecule is CC/C=C\C/C=C\C/C=C\C/C=C\C/C=C\CCCCCC(=O)OCC(COC1OC(C(=O)O)C(O)C(O)C1OC(=O)CCCCCCCCCCC/C=C\CCCCCCCC)OC(=O)CCCCCCC/C=C\CCCCCC. The molecule has 1 aliphatic heterocycles. The number of unbranched alkanes of at least 4 members (excludes halogenated alkanes) is 27. The molecule has 0 spiro atoms. The van der Waals surface area contributed by atoms with Gasteiger partial charge in [0, 0.05) is 19.3 Å². The van der Waals surface area contributed by atoms with E-state index in [1.54, 1.807) is 0 Å². The minimum absolute atomic E-state index is 0.0522. The summed E-state index contributed by atoms with van der Waals surface area (Å²) in [5, 5.41) is 31.6. The van der Waals surface area contributed by atoms with Gasteiger partial charge in [-0.3, -0.25) is 14.4 Å². The van der Waals surface area contributed by atoms with Crippen molar-refractivity contribution in [3.63, 3.8) is 0 Å². The van der Waals surface area contributed by atoms with Gasteiger partial charge in [-0.25, -0.2) is 4.79 Å². The Morgan fingerprint density at radius 1 is 0.420 bits per heavy atom. The Kier molecular flexibility index (Phi) is 52.1. The van der Waals surface area contributed by atoms with Crippen molar-refractivity contribution in [2.24, 2.45) is 0 Å². The van der Waals surface area contributed by atoms with Gasteiger partial charge in [0.05, 0.1) is 6.61 Å². The van der Waals surface area contributed by atoms with Gasteiger partial charge in [0.25, 0.3) is 0 Å².